The summed E-state index contributed by atoms with van der Waals surface area (Å²) in [6.45, 7) is 3.37. The molecule has 66 valence electrons. The number of piperidine rings is 1. The minimum atomic E-state index is 0.759. The van der Waals surface area contributed by atoms with Crippen LogP contribution < -0.4 is 5.32 Å². The van der Waals surface area contributed by atoms with Gasteiger partial charge in [-0.1, -0.05) is 0 Å². The summed E-state index contributed by atoms with van der Waals surface area (Å²) < 4.78 is 2.05. The molecular formula is C8H14N4. The third-order valence-electron chi connectivity index (χ3n) is 2.33. The molecule has 1 aromatic rings. The van der Waals surface area contributed by atoms with E-state index in [1.807, 2.05) is 0 Å². The van der Waals surface area contributed by atoms with Crippen molar-refractivity contribution in [3.63, 3.8) is 0 Å². The van der Waals surface area contributed by atoms with Gasteiger partial charge in [0.25, 0.3) is 0 Å². The van der Waals surface area contributed by atoms with Crippen LogP contribution in [0.1, 0.15) is 12.8 Å². The zero-order valence-electron chi connectivity index (χ0n) is 7.11. The smallest absolute Gasteiger partial charge is 0.119 e. The Hall–Kier alpha value is -0.900. The number of nitrogens with zero attached hydrogens (tertiary/aromatic N) is 3. The van der Waals surface area contributed by atoms with Gasteiger partial charge in [-0.15, -0.1) is 10.2 Å². The number of hydrogen-bond donors (Lipinski definition) is 1. The molecular weight excluding hydrogens is 152 g/mol. The van der Waals surface area contributed by atoms with Crippen LogP contribution in [0.4, 0.5) is 0 Å². The Kier molecular flexibility index (Phi) is 2.36. The topological polar surface area (TPSA) is 42.7 Å². The van der Waals surface area contributed by atoms with Crippen molar-refractivity contribution < 1.29 is 0 Å². The second kappa shape index (κ2) is 3.67. The highest BCUT2D eigenvalue weighted by atomic mass is 15.2. The number of rotatable bonds is 2. The SMILES string of the molecule is c1nncn1CC1CCCNC1. The number of nitrogens with one attached hydrogen (secondary N) is 1. The minimum absolute atomic E-state index is 0.759. The molecule has 0 amide bonds. The summed E-state index contributed by atoms with van der Waals surface area (Å²) in [5.74, 6) is 0.759. The lowest BCUT2D eigenvalue weighted by atomic mass is 10.00. The van der Waals surface area contributed by atoms with E-state index in [4.69, 9.17) is 0 Å². The quantitative estimate of drug-likeness (QED) is 0.686. The lowest BCUT2D eigenvalue weighted by molar-refractivity contribution is 0.337. The molecule has 0 radical (unpaired) electrons. The van der Waals surface area contributed by atoms with Gasteiger partial charge in [0.2, 0.25) is 0 Å². The summed E-state index contributed by atoms with van der Waals surface area (Å²) in [7, 11) is 0. The van der Waals surface area contributed by atoms with Crippen molar-refractivity contribution >= 4 is 0 Å². The second-order valence-corrected chi connectivity index (χ2v) is 3.37. The predicted octanol–water partition coefficient (Wildman–Crippen LogP) is 0.278. The third kappa shape index (κ3) is 1.82. The van der Waals surface area contributed by atoms with Crippen molar-refractivity contribution in [2.45, 2.75) is 19.4 Å². The summed E-state index contributed by atoms with van der Waals surface area (Å²) in [4.78, 5) is 0. The fourth-order valence-corrected chi connectivity index (χ4v) is 1.69. The molecule has 1 aliphatic heterocycles. The Labute approximate surface area is 72.0 Å². The molecule has 0 bridgehead atoms. The van der Waals surface area contributed by atoms with Gasteiger partial charge in [0.05, 0.1) is 0 Å². The zero-order chi connectivity index (χ0) is 8.23. The van der Waals surface area contributed by atoms with Crippen molar-refractivity contribution in [3.05, 3.63) is 12.7 Å². The van der Waals surface area contributed by atoms with Crippen molar-refractivity contribution in [2.24, 2.45) is 5.92 Å². The first-order valence-electron chi connectivity index (χ1n) is 4.48. The lowest BCUT2D eigenvalue weighted by Crippen LogP contribution is -2.31. The molecule has 1 N–H and O–H groups in total. The van der Waals surface area contributed by atoms with E-state index >= 15 is 0 Å². The highest BCUT2D eigenvalue weighted by molar-refractivity contribution is 4.71. The number of hydrogen-bond acceptors (Lipinski definition) is 3. The van der Waals surface area contributed by atoms with Crippen LogP contribution in [-0.4, -0.2) is 27.9 Å². The highest BCUT2D eigenvalue weighted by Crippen LogP contribution is 2.11. The fourth-order valence-electron chi connectivity index (χ4n) is 1.69. The molecule has 0 aromatic carbocycles. The standard InChI is InChI=1S/C8H14N4/c1-2-8(4-9-3-1)5-12-6-10-11-7-12/h6-9H,1-5H2. The van der Waals surface area contributed by atoms with Crippen LogP contribution in [0, 0.1) is 5.92 Å². The summed E-state index contributed by atoms with van der Waals surface area (Å²) in [6, 6.07) is 0. The zero-order valence-corrected chi connectivity index (χ0v) is 7.11. The van der Waals surface area contributed by atoms with Crippen molar-refractivity contribution in [1.82, 2.24) is 20.1 Å². The monoisotopic (exact) mass is 166 g/mol. The molecule has 1 saturated heterocycles. The Morgan fingerprint density at radius 1 is 1.42 bits per heavy atom. The molecule has 4 nitrogen and oxygen atoms in total. The minimum Gasteiger partial charge on any atom is -0.320 e. The van der Waals surface area contributed by atoms with Gasteiger partial charge in [-0.25, -0.2) is 0 Å². The van der Waals surface area contributed by atoms with E-state index in [1.54, 1.807) is 12.7 Å². The van der Waals surface area contributed by atoms with E-state index in [9.17, 15) is 0 Å². The lowest BCUT2D eigenvalue weighted by Gasteiger charge is -2.22. The molecule has 12 heavy (non-hydrogen) atoms. The van der Waals surface area contributed by atoms with Gasteiger partial charge < -0.3 is 9.88 Å². The maximum atomic E-state index is 3.78. The first-order chi connectivity index (χ1) is 5.95. The molecule has 0 aliphatic carbocycles. The summed E-state index contributed by atoms with van der Waals surface area (Å²) in [5, 5.41) is 11.0. The Balaban J connectivity index is 1.86. The summed E-state index contributed by atoms with van der Waals surface area (Å²) >= 11 is 0. The first kappa shape index (κ1) is 7.73. The molecule has 1 unspecified atom stereocenters. The van der Waals surface area contributed by atoms with Crippen molar-refractivity contribution in [2.75, 3.05) is 13.1 Å². The maximum Gasteiger partial charge on any atom is 0.119 e. The summed E-state index contributed by atoms with van der Waals surface area (Å²) in [5.41, 5.74) is 0. The van der Waals surface area contributed by atoms with Crippen LogP contribution in [0.5, 0.6) is 0 Å². The van der Waals surface area contributed by atoms with Gasteiger partial charge in [0.1, 0.15) is 12.7 Å². The first-order valence-corrected chi connectivity index (χ1v) is 4.48. The average molecular weight is 166 g/mol. The van der Waals surface area contributed by atoms with E-state index in [0.717, 1.165) is 19.0 Å². The molecule has 1 fully saturated rings. The van der Waals surface area contributed by atoms with Crippen LogP contribution in [0.2, 0.25) is 0 Å². The second-order valence-electron chi connectivity index (χ2n) is 3.37. The van der Waals surface area contributed by atoms with Gasteiger partial charge >= 0.3 is 0 Å². The predicted molar refractivity (Wildman–Crippen MR) is 45.6 cm³/mol. The normalized spacial score (nSPS) is 24.2. The Morgan fingerprint density at radius 2 is 2.25 bits per heavy atom. The maximum absolute atomic E-state index is 3.78. The molecule has 2 heterocycles. The van der Waals surface area contributed by atoms with Crippen molar-refractivity contribution in [3.8, 4) is 0 Å². The largest absolute Gasteiger partial charge is 0.320 e. The van der Waals surface area contributed by atoms with E-state index in [1.165, 1.54) is 19.4 Å². The van der Waals surface area contributed by atoms with Gasteiger partial charge in [-0.3, -0.25) is 0 Å². The Bertz CT molecular complexity index is 213. The van der Waals surface area contributed by atoms with Crippen molar-refractivity contribution in [1.29, 1.82) is 0 Å². The molecule has 0 spiro atoms. The Morgan fingerprint density at radius 3 is 2.92 bits per heavy atom. The van der Waals surface area contributed by atoms with Crippen LogP contribution in [0.25, 0.3) is 0 Å². The molecule has 1 atom stereocenters. The van der Waals surface area contributed by atoms with Crippen LogP contribution in [0.3, 0.4) is 0 Å². The van der Waals surface area contributed by atoms with E-state index in [0.29, 0.717) is 0 Å². The van der Waals surface area contributed by atoms with E-state index in [2.05, 4.69) is 20.1 Å². The third-order valence-corrected chi connectivity index (χ3v) is 2.33. The van der Waals surface area contributed by atoms with Gasteiger partial charge in [-0.2, -0.15) is 0 Å². The van der Waals surface area contributed by atoms with Gasteiger partial charge in [0, 0.05) is 6.54 Å². The average Bonchev–Trinajstić information content (AvgIpc) is 2.59. The molecule has 2 rings (SSSR count). The van der Waals surface area contributed by atoms with Gasteiger partial charge in [-0.05, 0) is 31.8 Å². The molecule has 0 saturated carbocycles. The van der Waals surface area contributed by atoms with E-state index < -0.39 is 0 Å². The molecule has 4 heteroatoms. The highest BCUT2D eigenvalue weighted by Gasteiger charge is 2.12. The van der Waals surface area contributed by atoms with Crippen LogP contribution in [0.15, 0.2) is 12.7 Å². The molecule has 1 aliphatic rings. The van der Waals surface area contributed by atoms with Crippen LogP contribution in [-0.2, 0) is 6.54 Å². The van der Waals surface area contributed by atoms with Gasteiger partial charge in [0.15, 0.2) is 0 Å². The van der Waals surface area contributed by atoms with E-state index in [-0.39, 0.29) is 0 Å². The molecule has 1 aromatic heterocycles. The fraction of sp³-hybridized carbons (Fsp3) is 0.750. The summed E-state index contributed by atoms with van der Waals surface area (Å²) in [6.07, 6.45) is 6.20. The van der Waals surface area contributed by atoms with Crippen LogP contribution >= 0.6 is 0 Å². The number of aromatic nitrogens is 3.